The monoisotopic (exact) mass is 416 g/mol. The molecule has 4 heterocycles. The Balaban J connectivity index is 1.38. The number of ether oxygens (including phenoxy) is 2. The second kappa shape index (κ2) is 8.51. The molecule has 0 aromatic carbocycles. The summed E-state index contributed by atoms with van der Waals surface area (Å²) in [6, 6.07) is 5.85. The van der Waals surface area contributed by atoms with E-state index in [1.807, 2.05) is 23.6 Å². The number of aromatic nitrogens is 3. The van der Waals surface area contributed by atoms with Gasteiger partial charge in [-0.15, -0.1) is 11.3 Å². The molecule has 6 nitrogen and oxygen atoms in total. The third kappa shape index (κ3) is 3.97. The van der Waals surface area contributed by atoms with Crippen LogP contribution in [0.1, 0.15) is 30.5 Å². The van der Waals surface area contributed by atoms with Gasteiger partial charge in [0.05, 0.1) is 17.6 Å². The minimum atomic E-state index is 0.575. The van der Waals surface area contributed by atoms with E-state index in [0.717, 1.165) is 52.3 Å². The van der Waals surface area contributed by atoms with Crippen molar-refractivity contribution >= 4 is 33.1 Å². The first-order valence-electron chi connectivity index (χ1n) is 9.80. The zero-order valence-corrected chi connectivity index (χ0v) is 17.1. The average Bonchev–Trinajstić information content (AvgIpc) is 3.24. The van der Waals surface area contributed by atoms with E-state index in [9.17, 15) is 0 Å². The van der Waals surface area contributed by atoms with Crippen LogP contribution in [0.5, 0.6) is 0 Å². The fraction of sp³-hybridized carbons (Fsp3) is 0.174. The Morgan fingerprint density at radius 2 is 2.13 bits per heavy atom. The highest BCUT2D eigenvalue weighted by Crippen LogP contribution is 2.37. The van der Waals surface area contributed by atoms with E-state index in [1.54, 1.807) is 36.4 Å². The first kappa shape index (κ1) is 18.6. The van der Waals surface area contributed by atoms with E-state index in [4.69, 9.17) is 9.47 Å². The number of allylic oxidation sites excluding steroid dienone is 4. The van der Waals surface area contributed by atoms with Crippen molar-refractivity contribution in [3.8, 4) is 0 Å². The Labute approximate surface area is 178 Å². The zero-order chi connectivity index (χ0) is 20.2. The number of fused-ring (bicyclic) bond motifs is 1. The summed E-state index contributed by atoms with van der Waals surface area (Å²) in [6.07, 6.45) is 16.0. The van der Waals surface area contributed by atoms with Crippen LogP contribution in [-0.4, -0.2) is 15.0 Å². The molecule has 1 aliphatic heterocycles. The van der Waals surface area contributed by atoms with Gasteiger partial charge < -0.3 is 14.8 Å². The number of nitrogens with one attached hydrogen (secondary N) is 1. The van der Waals surface area contributed by atoms with Crippen molar-refractivity contribution in [2.45, 2.75) is 25.8 Å². The fourth-order valence-corrected chi connectivity index (χ4v) is 4.34. The van der Waals surface area contributed by atoms with E-state index in [-0.39, 0.29) is 0 Å². The molecule has 1 N–H and O–H groups in total. The molecule has 0 atom stereocenters. The number of rotatable bonds is 6. The molecule has 30 heavy (non-hydrogen) atoms. The predicted molar refractivity (Wildman–Crippen MR) is 118 cm³/mol. The molecule has 3 aromatic heterocycles. The molecular weight excluding hydrogens is 396 g/mol. The van der Waals surface area contributed by atoms with Crippen LogP contribution in [0.25, 0.3) is 16.0 Å². The van der Waals surface area contributed by atoms with Crippen molar-refractivity contribution in [3.05, 3.63) is 89.4 Å². The van der Waals surface area contributed by atoms with Gasteiger partial charge in [0.1, 0.15) is 35.3 Å². The topological polar surface area (TPSA) is 69.2 Å². The molecule has 0 fully saturated rings. The minimum Gasteiger partial charge on any atom is -0.465 e. The van der Waals surface area contributed by atoms with Crippen LogP contribution >= 0.6 is 11.3 Å². The average molecular weight is 417 g/mol. The van der Waals surface area contributed by atoms with Gasteiger partial charge >= 0.3 is 0 Å². The smallest absolute Gasteiger partial charge is 0.170 e. The highest BCUT2D eigenvalue weighted by atomic mass is 32.1. The summed E-state index contributed by atoms with van der Waals surface area (Å²) in [7, 11) is 0. The van der Waals surface area contributed by atoms with Crippen LogP contribution in [0, 0.1) is 0 Å². The van der Waals surface area contributed by atoms with Crippen LogP contribution in [0.3, 0.4) is 0 Å². The molecule has 0 amide bonds. The van der Waals surface area contributed by atoms with Gasteiger partial charge in [-0.25, -0.2) is 9.97 Å². The Hall–Kier alpha value is -3.45. The van der Waals surface area contributed by atoms with E-state index >= 15 is 0 Å². The third-order valence-corrected chi connectivity index (χ3v) is 5.80. The van der Waals surface area contributed by atoms with Crippen molar-refractivity contribution in [2.24, 2.45) is 0 Å². The quantitative estimate of drug-likeness (QED) is 0.568. The van der Waals surface area contributed by atoms with Crippen LogP contribution in [0.15, 0.2) is 78.2 Å². The molecule has 0 radical (unpaired) electrons. The summed E-state index contributed by atoms with van der Waals surface area (Å²) >= 11 is 1.56. The van der Waals surface area contributed by atoms with Crippen LogP contribution in [0.2, 0.25) is 0 Å². The number of hydrogen-bond acceptors (Lipinski definition) is 7. The molecule has 0 saturated carbocycles. The second-order valence-corrected chi connectivity index (χ2v) is 7.86. The van der Waals surface area contributed by atoms with Crippen molar-refractivity contribution in [1.29, 1.82) is 0 Å². The molecule has 150 valence electrons. The van der Waals surface area contributed by atoms with Crippen LogP contribution in [-0.2, 0) is 16.0 Å². The number of thiophene rings is 1. The summed E-state index contributed by atoms with van der Waals surface area (Å²) < 4.78 is 11.8. The van der Waals surface area contributed by atoms with Gasteiger partial charge in [0.25, 0.3) is 0 Å². The normalized spacial score (nSPS) is 15.7. The van der Waals surface area contributed by atoms with Crippen LogP contribution < -0.4 is 5.32 Å². The Morgan fingerprint density at radius 1 is 1.13 bits per heavy atom. The summed E-state index contributed by atoms with van der Waals surface area (Å²) in [6.45, 7) is 0.575. The summed E-state index contributed by atoms with van der Waals surface area (Å²) in [5, 5.41) is 6.34. The second-order valence-electron chi connectivity index (χ2n) is 7.00. The maximum atomic E-state index is 6.20. The zero-order valence-electron chi connectivity index (χ0n) is 16.2. The Kier molecular flexibility index (Phi) is 5.26. The first-order chi connectivity index (χ1) is 14.9. The largest absolute Gasteiger partial charge is 0.465 e. The highest BCUT2D eigenvalue weighted by Gasteiger charge is 2.20. The molecule has 2 aliphatic rings. The summed E-state index contributed by atoms with van der Waals surface area (Å²) in [5.74, 6) is 2.22. The lowest BCUT2D eigenvalue weighted by Crippen LogP contribution is -2.05. The highest BCUT2D eigenvalue weighted by molar-refractivity contribution is 7.17. The summed E-state index contributed by atoms with van der Waals surface area (Å²) in [4.78, 5) is 14.1. The fourth-order valence-electron chi connectivity index (χ4n) is 3.45. The maximum absolute atomic E-state index is 6.20. The number of anilines is 1. The lowest BCUT2D eigenvalue weighted by molar-refractivity contribution is 0.273. The molecule has 0 bridgehead atoms. The number of nitrogens with zero attached hydrogens (tertiary/aromatic N) is 3. The van der Waals surface area contributed by atoms with Gasteiger partial charge in [-0.1, -0.05) is 29.9 Å². The first-order valence-corrected chi connectivity index (χ1v) is 10.7. The Bertz CT molecular complexity index is 1180. The lowest BCUT2D eigenvalue weighted by Gasteiger charge is -2.18. The van der Waals surface area contributed by atoms with Crippen molar-refractivity contribution in [2.75, 3.05) is 5.32 Å². The molecule has 0 saturated heterocycles. The Morgan fingerprint density at radius 3 is 3.00 bits per heavy atom. The molecule has 0 unspecified atom stereocenters. The molecule has 3 aromatic rings. The van der Waals surface area contributed by atoms with Crippen molar-refractivity contribution in [1.82, 2.24) is 15.0 Å². The van der Waals surface area contributed by atoms with Gasteiger partial charge in [-0.3, -0.25) is 4.98 Å². The summed E-state index contributed by atoms with van der Waals surface area (Å²) in [5.41, 5.74) is 3.20. The van der Waals surface area contributed by atoms with Crippen molar-refractivity contribution in [3.63, 3.8) is 0 Å². The van der Waals surface area contributed by atoms with Gasteiger partial charge in [0, 0.05) is 23.6 Å². The minimum absolute atomic E-state index is 0.575. The van der Waals surface area contributed by atoms with Crippen molar-refractivity contribution < 1.29 is 9.47 Å². The molecule has 0 spiro atoms. The van der Waals surface area contributed by atoms with Gasteiger partial charge in [0.15, 0.2) is 5.76 Å². The van der Waals surface area contributed by atoms with E-state index in [1.165, 1.54) is 5.57 Å². The van der Waals surface area contributed by atoms with E-state index < -0.39 is 0 Å². The molecule has 7 heteroatoms. The van der Waals surface area contributed by atoms with Gasteiger partial charge in [-0.2, -0.15) is 0 Å². The lowest BCUT2D eigenvalue weighted by atomic mass is 10.0. The van der Waals surface area contributed by atoms with Crippen LogP contribution in [0.4, 0.5) is 5.82 Å². The predicted octanol–water partition coefficient (Wildman–Crippen LogP) is 5.55. The van der Waals surface area contributed by atoms with E-state index in [2.05, 4.69) is 38.5 Å². The number of hydrogen-bond donors (Lipinski definition) is 1. The molecule has 1 aliphatic carbocycles. The third-order valence-electron chi connectivity index (χ3n) is 4.92. The van der Waals surface area contributed by atoms with E-state index in [0.29, 0.717) is 12.3 Å². The molecular formula is C23H20N4O2S. The maximum Gasteiger partial charge on any atom is 0.170 e. The standard InChI is InChI=1S/C23H20N4O2S/c1-2-6-16(7-3-1)10-18-12-28-13-20(29-18)19-14-30-23-21(19)22(26-15-27-23)25-11-17-8-4-5-9-24-17/h1-2,4-6,8-9,12-15H,3,7,10-11H2,(H,25,26,27). The van der Waals surface area contributed by atoms with Gasteiger partial charge in [0.2, 0.25) is 0 Å². The molecule has 5 rings (SSSR count). The van der Waals surface area contributed by atoms with Gasteiger partial charge in [-0.05, 0) is 25.0 Å². The SMILES string of the molecule is C1=CCCC(CC2=COC=C(c3csc4ncnc(NCc5ccccn5)c34)O2)=C1. The number of pyridine rings is 1.